The molecule has 54 heavy (non-hydrogen) atoms. The van der Waals surface area contributed by atoms with Crippen LogP contribution in [0.1, 0.15) is 36.8 Å². The van der Waals surface area contributed by atoms with Gasteiger partial charge in [0.2, 0.25) is 0 Å². The molecule has 2 bridgehead atoms. The highest BCUT2D eigenvalue weighted by atomic mass is 19.1. The molecule has 0 saturated carbocycles. The maximum absolute atomic E-state index is 17.1. The number of aromatic nitrogens is 3. The lowest BCUT2D eigenvalue weighted by molar-refractivity contribution is 0.0733. The summed E-state index contributed by atoms with van der Waals surface area (Å²) < 4.78 is 35.3. The van der Waals surface area contributed by atoms with Gasteiger partial charge in [-0.2, -0.15) is 9.97 Å². The zero-order valence-electron chi connectivity index (χ0n) is 29.9. The van der Waals surface area contributed by atoms with E-state index in [0.29, 0.717) is 48.8 Å². The number of anilines is 1. The van der Waals surface area contributed by atoms with E-state index in [-0.39, 0.29) is 48.0 Å². The number of nitrogens with one attached hydrogen (secondary N) is 1. The van der Waals surface area contributed by atoms with E-state index in [4.69, 9.17) is 24.2 Å². The third kappa shape index (κ3) is 6.87. The lowest BCUT2D eigenvalue weighted by Crippen LogP contribution is -2.56. The van der Waals surface area contributed by atoms with Gasteiger partial charge in [-0.1, -0.05) is 84.9 Å². The van der Waals surface area contributed by atoms with E-state index in [9.17, 15) is 4.79 Å². The van der Waals surface area contributed by atoms with Crippen molar-refractivity contribution >= 4 is 33.6 Å². The number of hydrogen-bond donors (Lipinski definition) is 1. The van der Waals surface area contributed by atoms with Crippen molar-refractivity contribution < 1.29 is 23.4 Å². The summed E-state index contributed by atoms with van der Waals surface area (Å²) >= 11 is 0. The molecule has 11 heteroatoms. The second kappa shape index (κ2) is 14.9. The molecule has 5 heterocycles. The van der Waals surface area contributed by atoms with Gasteiger partial charge in [-0.25, -0.2) is 9.18 Å². The number of nitrogens with zero attached hydrogens (tertiary/aromatic N) is 5. The van der Waals surface area contributed by atoms with Crippen molar-refractivity contribution in [3.63, 3.8) is 0 Å². The number of carbonyl (C=O) groups excluding carboxylic acids is 1. The number of rotatable bonds is 10. The Hall–Kier alpha value is -5.81. The summed E-state index contributed by atoms with van der Waals surface area (Å²) in [6.45, 7) is 2.94. The lowest BCUT2D eigenvalue weighted by atomic mass is 10.00. The number of pyridine rings is 1. The molecule has 4 aromatic carbocycles. The van der Waals surface area contributed by atoms with Crippen LogP contribution < -0.4 is 19.7 Å². The Bertz CT molecular complexity index is 2270. The van der Waals surface area contributed by atoms with Crippen molar-refractivity contribution in [3.8, 4) is 23.0 Å². The average molecular weight is 725 g/mol. The number of ether oxygens (including phenoxy) is 3. The van der Waals surface area contributed by atoms with Gasteiger partial charge >= 0.3 is 12.1 Å². The topological polar surface area (TPSA) is 102 Å². The van der Waals surface area contributed by atoms with E-state index in [1.54, 1.807) is 6.20 Å². The summed E-state index contributed by atoms with van der Waals surface area (Å²) in [7, 11) is 0. The van der Waals surface area contributed by atoms with Crippen molar-refractivity contribution in [2.24, 2.45) is 0 Å². The zero-order chi connectivity index (χ0) is 36.4. The normalized spacial score (nSPS) is 19.4. The third-order valence-corrected chi connectivity index (χ3v) is 10.8. The molecule has 3 fully saturated rings. The van der Waals surface area contributed by atoms with E-state index in [1.807, 2.05) is 102 Å². The minimum atomic E-state index is -0.559. The Morgan fingerprint density at radius 3 is 2.28 bits per heavy atom. The molecular formula is C43H41FN6O4. The fourth-order valence-corrected chi connectivity index (χ4v) is 8.06. The van der Waals surface area contributed by atoms with Gasteiger partial charge in [-0.15, -0.1) is 0 Å². The van der Waals surface area contributed by atoms with Crippen LogP contribution in [0.5, 0.6) is 11.8 Å². The molecule has 274 valence electrons. The number of amides is 1. The quantitative estimate of drug-likeness (QED) is 0.152. The molecule has 3 aliphatic heterocycles. The maximum atomic E-state index is 17.1. The molecular weight excluding hydrogens is 684 g/mol. The minimum absolute atomic E-state index is 0.0776. The molecule has 10 nitrogen and oxygen atoms in total. The van der Waals surface area contributed by atoms with Crippen LogP contribution in [0.3, 0.4) is 0 Å². The average Bonchev–Trinajstić information content (AvgIpc) is 3.84. The van der Waals surface area contributed by atoms with Crippen molar-refractivity contribution in [2.45, 2.75) is 57.0 Å². The van der Waals surface area contributed by atoms with Crippen LogP contribution in [0.25, 0.3) is 32.9 Å². The van der Waals surface area contributed by atoms with Crippen LogP contribution in [0.2, 0.25) is 0 Å². The van der Waals surface area contributed by atoms with Crippen LogP contribution in [-0.4, -0.2) is 70.3 Å². The second-order valence-corrected chi connectivity index (χ2v) is 14.3. The molecule has 9 rings (SSSR count). The predicted molar refractivity (Wildman–Crippen MR) is 205 cm³/mol. The van der Waals surface area contributed by atoms with Crippen LogP contribution in [-0.2, 0) is 18.0 Å². The first-order chi connectivity index (χ1) is 26.6. The number of fused-ring (bicyclic) bond motifs is 4. The van der Waals surface area contributed by atoms with E-state index in [1.165, 1.54) is 0 Å². The Morgan fingerprint density at radius 1 is 0.815 bits per heavy atom. The predicted octanol–water partition coefficient (Wildman–Crippen LogP) is 7.68. The van der Waals surface area contributed by atoms with E-state index in [0.717, 1.165) is 54.1 Å². The van der Waals surface area contributed by atoms with E-state index < -0.39 is 5.82 Å². The van der Waals surface area contributed by atoms with Gasteiger partial charge in [-0.3, -0.25) is 9.88 Å². The van der Waals surface area contributed by atoms with Crippen molar-refractivity contribution in [1.29, 1.82) is 0 Å². The maximum Gasteiger partial charge on any atom is 0.410 e. The van der Waals surface area contributed by atoms with E-state index in [2.05, 4.69) is 15.2 Å². The number of piperazine rings is 1. The fraction of sp³-hybridized carbons (Fsp3) is 0.302. The standard InChI is InChI=1S/C43H41FN6O4/c44-38-39(36-21-34(20-30-14-7-8-16-35(30)36)52-25-28-10-3-1-4-11-28)46-22-37-40(38)47-42(53-27-31-15-9-19-45-31)48-41(37)49-23-32-17-18-33(24-49)50(32)43(51)54-26-29-12-5-2-6-13-29/h1-8,10-14,16,20-22,31-33,45H,9,15,17-19,23-27H2/t31-,32?,33?/m0/s1. The Balaban J connectivity index is 1.05. The van der Waals surface area contributed by atoms with Gasteiger partial charge in [0.15, 0.2) is 5.82 Å². The second-order valence-electron chi connectivity index (χ2n) is 14.3. The first-order valence-corrected chi connectivity index (χ1v) is 18.7. The third-order valence-electron chi connectivity index (χ3n) is 10.8. The summed E-state index contributed by atoms with van der Waals surface area (Å²) in [6, 6.07) is 31.4. The molecule has 6 aromatic rings. The summed E-state index contributed by atoms with van der Waals surface area (Å²) in [5, 5.41) is 5.69. The first kappa shape index (κ1) is 34.0. The number of benzene rings is 4. The molecule has 0 spiro atoms. The Labute approximate surface area is 312 Å². The van der Waals surface area contributed by atoms with Crippen molar-refractivity contribution in [3.05, 3.63) is 120 Å². The number of hydrogen-bond acceptors (Lipinski definition) is 9. The fourth-order valence-electron chi connectivity index (χ4n) is 8.06. The molecule has 3 atom stereocenters. The number of halogens is 1. The lowest BCUT2D eigenvalue weighted by Gasteiger charge is -2.41. The highest BCUT2D eigenvalue weighted by Crippen LogP contribution is 2.39. The van der Waals surface area contributed by atoms with Crippen LogP contribution >= 0.6 is 0 Å². The van der Waals surface area contributed by atoms with Gasteiger partial charge in [0.25, 0.3) is 0 Å². The summed E-state index contributed by atoms with van der Waals surface area (Å²) in [5.41, 5.74) is 2.89. The highest BCUT2D eigenvalue weighted by Gasteiger charge is 2.44. The molecule has 1 amide bonds. The van der Waals surface area contributed by atoms with E-state index >= 15 is 4.39 Å². The molecule has 2 unspecified atom stereocenters. The zero-order valence-corrected chi connectivity index (χ0v) is 29.9. The summed E-state index contributed by atoms with van der Waals surface area (Å²) in [4.78, 5) is 31.7. The highest BCUT2D eigenvalue weighted by molar-refractivity contribution is 6.00. The summed E-state index contributed by atoms with van der Waals surface area (Å²) in [6.07, 6.45) is 5.10. The monoisotopic (exact) mass is 724 g/mol. The van der Waals surface area contributed by atoms with Crippen LogP contribution in [0, 0.1) is 5.82 Å². The molecule has 2 aromatic heterocycles. The van der Waals surface area contributed by atoms with Crippen LogP contribution in [0.4, 0.5) is 15.0 Å². The molecule has 0 aliphatic carbocycles. The Kier molecular flexibility index (Phi) is 9.38. The van der Waals surface area contributed by atoms with Crippen molar-refractivity contribution in [1.82, 2.24) is 25.2 Å². The Morgan fingerprint density at radius 2 is 1.54 bits per heavy atom. The first-order valence-electron chi connectivity index (χ1n) is 18.7. The molecule has 3 aliphatic rings. The molecule has 0 radical (unpaired) electrons. The van der Waals surface area contributed by atoms with Gasteiger partial charge in [0.05, 0.1) is 17.5 Å². The van der Waals surface area contributed by atoms with Crippen LogP contribution in [0.15, 0.2) is 103 Å². The summed E-state index contributed by atoms with van der Waals surface area (Å²) in [5.74, 6) is 0.601. The van der Waals surface area contributed by atoms with Gasteiger partial charge in [-0.05, 0) is 66.3 Å². The minimum Gasteiger partial charge on any atom is -0.489 e. The smallest absolute Gasteiger partial charge is 0.410 e. The van der Waals surface area contributed by atoms with Crippen molar-refractivity contribution in [2.75, 3.05) is 31.1 Å². The SMILES string of the molecule is O=C(OCc1ccccc1)N1C2CCC1CN(c1nc(OC[C@@H]3CCCN3)nc3c(F)c(-c4cc(OCc5ccccc5)cc5ccccc45)ncc13)C2. The number of carbonyl (C=O) groups is 1. The van der Waals surface area contributed by atoms with Gasteiger partial charge in [0, 0.05) is 30.9 Å². The largest absolute Gasteiger partial charge is 0.489 e. The van der Waals surface area contributed by atoms with Gasteiger partial charge in [0.1, 0.15) is 42.6 Å². The van der Waals surface area contributed by atoms with Gasteiger partial charge < -0.3 is 24.4 Å². The molecule has 3 saturated heterocycles. The molecule has 1 N–H and O–H groups in total.